The first-order valence-corrected chi connectivity index (χ1v) is 7.14. The lowest BCUT2D eigenvalue weighted by Crippen LogP contribution is -2.19. The van der Waals surface area contributed by atoms with E-state index >= 15 is 0 Å². The van der Waals surface area contributed by atoms with Gasteiger partial charge in [0.15, 0.2) is 17.4 Å². The number of benzene rings is 2. The SMILES string of the molecule is O=C1CCc2cc(C(=O)/C=C/c3cccc(F)c3F)ccc2N1. The van der Waals surface area contributed by atoms with Crippen molar-refractivity contribution in [3.63, 3.8) is 0 Å². The maximum Gasteiger partial charge on any atom is 0.224 e. The molecule has 0 radical (unpaired) electrons. The quantitative estimate of drug-likeness (QED) is 0.693. The lowest BCUT2D eigenvalue weighted by molar-refractivity contribution is -0.116. The van der Waals surface area contributed by atoms with E-state index in [0.717, 1.165) is 11.6 Å². The molecule has 23 heavy (non-hydrogen) atoms. The summed E-state index contributed by atoms with van der Waals surface area (Å²) in [4.78, 5) is 23.5. The van der Waals surface area contributed by atoms with Crippen LogP contribution >= 0.6 is 0 Å². The van der Waals surface area contributed by atoms with Crippen LogP contribution in [0.4, 0.5) is 14.5 Å². The second-order valence-corrected chi connectivity index (χ2v) is 5.26. The fraction of sp³-hybridized carbons (Fsp3) is 0.111. The van der Waals surface area contributed by atoms with E-state index in [1.165, 1.54) is 24.3 Å². The molecule has 0 aliphatic carbocycles. The molecule has 1 heterocycles. The Balaban J connectivity index is 1.82. The number of rotatable bonds is 3. The molecule has 0 aromatic heterocycles. The number of amides is 1. The van der Waals surface area contributed by atoms with Crippen molar-refractivity contribution in [1.29, 1.82) is 0 Å². The number of halogens is 2. The first-order valence-electron chi connectivity index (χ1n) is 7.14. The first-order chi connectivity index (χ1) is 11.0. The van der Waals surface area contributed by atoms with E-state index in [2.05, 4.69) is 5.32 Å². The third kappa shape index (κ3) is 3.18. The minimum absolute atomic E-state index is 0.0172. The third-order valence-corrected chi connectivity index (χ3v) is 3.68. The van der Waals surface area contributed by atoms with Crippen LogP contribution in [-0.2, 0) is 11.2 Å². The Labute approximate surface area is 131 Å². The largest absolute Gasteiger partial charge is 0.326 e. The molecule has 1 aliphatic rings. The van der Waals surface area contributed by atoms with Crippen LogP contribution in [0.25, 0.3) is 6.08 Å². The molecule has 0 fully saturated rings. The standard InChI is InChI=1S/C18H13F2NO2/c19-14-3-1-2-11(18(14)20)5-8-16(22)13-4-7-15-12(10-13)6-9-17(23)21-15/h1-5,7-8,10H,6,9H2,(H,21,23)/b8-5+. The smallest absolute Gasteiger partial charge is 0.224 e. The molecule has 0 bridgehead atoms. The van der Waals surface area contributed by atoms with Crippen molar-refractivity contribution >= 4 is 23.5 Å². The molecule has 5 heteroatoms. The Morgan fingerprint density at radius 2 is 1.96 bits per heavy atom. The van der Waals surface area contributed by atoms with Gasteiger partial charge in [-0.15, -0.1) is 0 Å². The van der Waals surface area contributed by atoms with Gasteiger partial charge in [-0.25, -0.2) is 8.78 Å². The fourth-order valence-corrected chi connectivity index (χ4v) is 2.45. The van der Waals surface area contributed by atoms with Gasteiger partial charge in [0.1, 0.15) is 0 Å². The summed E-state index contributed by atoms with van der Waals surface area (Å²) >= 11 is 0. The Hall–Kier alpha value is -2.82. The fourth-order valence-electron chi connectivity index (χ4n) is 2.45. The number of aryl methyl sites for hydroxylation is 1. The Bertz CT molecular complexity index is 828. The lowest BCUT2D eigenvalue weighted by atomic mass is 9.98. The van der Waals surface area contributed by atoms with Crippen molar-refractivity contribution in [2.75, 3.05) is 5.32 Å². The summed E-state index contributed by atoms with van der Waals surface area (Å²) in [7, 11) is 0. The predicted octanol–water partition coefficient (Wildman–Crippen LogP) is 3.75. The van der Waals surface area contributed by atoms with Crippen molar-refractivity contribution in [2.24, 2.45) is 0 Å². The molecule has 0 saturated carbocycles. The minimum Gasteiger partial charge on any atom is -0.326 e. The van der Waals surface area contributed by atoms with Gasteiger partial charge in [-0.05, 0) is 48.4 Å². The van der Waals surface area contributed by atoms with E-state index in [1.807, 2.05) is 0 Å². The molecule has 0 unspecified atom stereocenters. The van der Waals surface area contributed by atoms with Crippen LogP contribution in [0.2, 0.25) is 0 Å². The average Bonchev–Trinajstić information content (AvgIpc) is 2.55. The summed E-state index contributed by atoms with van der Waals surface area (Å²) in [6.07, 6.45) is 3.42. The van der Waals surface area contributed by atoms with Gasteiger partial charge < -0.3 is 5.32 Å². The highest BCUT2D eigenvalue weighted by Gasteiger charge is 2.16. The number of hydrogen-bond acceptors (Lipinski definition) is 2. The molecule has 0 atom stereocenters. The highest BCUT2D eigenvalue weighted by molar-refractivity contribution is 6.07. The van der Waals surface area contributed by atoms with Gasteiger partial charge in [-0.3, -0.25) is 9.59 Å². The molecule has 3 rings (SSSR count). The highest BCUT2D eigenvalue weighted by atomic mass is 19.2. The molecule has 1 amide bonds. The molecule has 2 aromatic carbocycles. The van der Waals surface area contributed by atoms with Crippen LogP contribution in [0.1, 0.15) is 27.9 Å². The van der Waals surface area contributed by atoms with Gasteiger partial charge in [0, 0.05) is 23.2 Å². The molecular formula is C18H13F2NO2. The van der Waals surface area contributed by atoms with Crippen LogP contribution in [0.3, 0.4) is 0 Å². The van der Waals surface area contributed by atoms with Crippen LogP contribution in [0.5, 0.6) is 0 Å². The molecule has 0 saturated heterocycles. The zero-order chi connectivity index (χ0) is 16.4. The molecule has 116 valence electrons. The minimum atomic E-state index is -0.982. The second kappa shape index (κ2) is 6.12. The monoisotopic (exact) mass is 313 g/mol. The van der Waals surface area contributed by atoms with Gasteiger partial charge in [0.2, 0.25) is 5.91 Å². The van der Waals surface area contributed by atoms with Gasteiger partial charge in [-0.2, -0.15) is 0 Å². The van der Waals surface area contributed by atoms with E-state index in [0.29, 0.717) is 24.1 Å². The third-order valence-electron chi connectivity index (χ3n) is 3.68. The second-order valence-electron chi connectivity index (χ2n) is 5.26. The molecular weight excluding hydrogens is 300 g/mol. The predicted molar refractivity (Wildman–Crippen MR) is 83.1 cm³/mol. The summed E-state index contributed by atoms with van der Waals surface area (Å²) in [6, 6.07) is 8.78. The van der Waals surface area contributed by atoms with Crippen molar-refractivity contribution < 1.29 is 18.4 Å². The van der Waals surface area contributed by atoms with Gasteiger partial charge >= 0.3 is 0 Å². The van der Waals surface area contributed by atoms with Crippen molar-refractivity contribution in [2.45, 2.75) is 12.8 Å². The van der Waals surface area contributed by atoms with Crippen molar-refractivity contribution in [3.8, 4) is 0 Å². The summed E-state index contributed by atoms with van der Waals surface area (Å²) in [6.45, 7) is 0. The van der Waals surface area contributed by atoms with Crippen LogP contribution in [0, 0.1) is 11.6 Å². The first kappa shape index (κ1) is 15.1. The average molecular weight is 313 g/mol. The molecule has 2 aromatic rings. The van der Waals surface area contributed by atoms with Gasteiger partial charge in [-0.1, -0.05) is 12.1 Å². The number of hydrogen-bond donors (Lipinski definition) is 1. The summed E-state index contributed by atoms with van der Waals surface area (Å²) in [5.74, 6) is -2.29. The molecule has 3 nitrogen and oxygen atoms in total. The Kier molecular flexibility index (Phi) is 4.02. The molecule has 1 N–H and O–H groups in total. The van der Waals surface area contributed by atoms with Crippen LogP contribution in [0.15, 0.2) is 42.5 Å². The zero-order valence-electron chi connectivity index (χ0n) is 12.1. The summed E-state index contributed by atoms with van der Waals surface area (Å²) in [5, 5.41) is 2.74. The number of fused-ring (bicyclic) bond motifs is 1. The number of anilines is 1. The Morgan fingerprint density at radius 3 is 2.78 bits per heavy atom. The maximum atomic E-state index is 13.5. The number of carbonyl (C=O) groups excluding carboxylic acids is 2. The van der Waals surface area contributed by atoms with E-state index in [-0.39, 0.29) is 17.3 Å². The normalized spacial score (nSPS) is 13.7. The lowest BCUT2D eigenvalue weighted by Gasteiger charge is -2.16. The summed E-state index contributed by atoms with van der Waals surface area (Å²) < 4.78 is 26.7. The van der Waals surface area contributed by atoms with E-state index in [4.69, 9.17) is 0 Å². The topological polar surface area (TPSA) is 46.2 Å². The molecule has 0 spiro atoms. The van der Waals surface area contributed by atoms with E-state index < -0.39 is 11.6 Å². The zero-order valence-corrected chi connectivity index (χ0v) is 12.1. The Morgan fingerprint density at radius 1 is 1.13 bits per heavy atom. The van der Waals surface area contributed by atoms with Crippen LogP contribution < -0.4 is 5.32 Å². The van der Waals surface area contributed by atoms with E-state index in [1.54, 1.807) is 18.2 Å². The highest BCUT2D eigenvalue weighted by Crippen LogP contribution is 2.24. The van der Waals surface area contributed by atoms with Gasteiger partial charge in [0.25, 0.3) is 0 Å². The van der Waals surface area contributed by atoms with Crippen molar-refractivity contribution in [3.05, 3.63) is 70.8 Å². The maximum absolute atomic E-state index is 13.5. The molecule has 1 aliphatic heterocycles. The number of allylic oxidation sites excluding steroid dienone is 1. The summed E-state index contributed by atoms with van der Waals surface area (Å²) in [5.41, 5.74) is 2.05. The van der Waals surface area contributed by atoms with Crippen LogP contribution in [-0.4, -0.2) is 11.7 Å². The van der Waals surface area contributed by atoms with E-state index in [9.17, 15) is 18.4 Å². The number of carbonyl (C=O) groups is 2. The number of nitrogens with one attached hydrogen (secondary N) is 1. The van der Waals surface area contributed by atoms with Gasteiger partial charge in [0.05, 0.1) is 0 Å². The van der Waals surface area contributed by atoms with Crippen molar-refractivity contribution in [1.82, 2.24) is 0 Å². The number of ketones is 1.